The maximum Gasteiger partial charge on any atom is 0.262 e. The summed E-state index contributed by atoms with van der Waals surface area (Å²) in [4.78, 5) is 4.16. The molecule has 10 heteroatoms. The Morgan fingerprint density at radius 1 is 0.893 bits per heavy atom. The Bertz CT molecular complexity index is 1160. The van der Waals surface area contributed by atoms with Gasteiger partial charge in [-0.25, -0.2) is 16.8 Å². The molecule has 0 saturated carbocycles. The zero-order chi connectivity index (χ0) is 19.8. The molecule has 0 aliphatic carbocycles. The summed E-state index contributed by atoms with van der Waals surface area (Å²) in [6.45, 7) is 1.13. The summed E-state index contributed by atoms with van der Waals surface area (Å²) >= 11 is 0. The topological polar surface area (TPSA) is 114 Å². The number of nitrogens with zero attached hydrogens (tertiary/aromatic N) is 1. The van der Waals surface area contributed by atoms with E-state index >= 15 is 0 Å². The Morgan fingerprint density at radius 2 is 1.68 bits per heavy atom. The Balaban J connectivity index is 1.57. The molecule has 148 valence electrons. The van der Waals surface area contributed by atoms with Crippen molar-refractivity contribution in [1.29, 1.82) is 0 Å². The Labute approximate surface area is 163 Å². The smallest absolute Gasteiger partial charge is 0.262 e. The van der Waals surface area contributed by atoms with Crippen LogP contribution in [0, 0.1) is 0 Å². The van der Waals surface area contributed by atoms with Crippen LogP contribution in [-0.2, 0) is 26.5 Å². The molecule has 2 aromatic carbocycles. The lowest BCUT2D eigenvalue weighted by Gasteiger charge is -2.12. The second-order valence-corrected chi connectivity index (χ2v) is 9.90. The highest BCUT2D eigenvalue weighted by Crippen LogP contribution is 2.28. The zero-order valence-electron chi connectivity index (χ0n) is 14.9. The van der Waals surface area contributed by atoms with E-state index in [1.165, 1.54) is 30.3 Å². The Kier molecular flexibility index (Phi) is 4.76. The van der Waals surface area contributed by atoms with Gasteiger partial charge in [-0.15, -0.1) is 0 Å². The molecule has 8 nitrogen and oxygen atoms in total. The fourth-order valence-electron chi connectivity index (χ4n) is 3.11. The minimum atomic E-state index is -3.86. The Hall–Kier alpha value is -2.59. The van der Waals surface area contributed by atoms with Crippen molar-refractivity contribution in [3.8, 4) is 5.75 Å². The predicted molar refractivity (Wildman–Crippen MR) is 105 cm³/mol. The second-order valence-electron chi connectivity index (χ2n) is 6.54. The monoisotopic (exact) mass is 421 g/mol. The highest BCUT2D eigenvalue weighted by atomic mass is 32.2. The van der Waals surface area contributed by atoms with Gasteiger partial charge in [0, 0.05) is 19.4 Å². The van der Waals surface area contributed by atoms with Gasteiger partial charge in [0.05, 0.1) is 22.1 Å². The van der Waals surface area contributed by atoms with Crippen molar-refractivity contribution in [2.45, 2.75) is 29.1 Å². The molecule has 0 atom stereocenters. The lowest BCUT2D eigenvalue weighted by Crippen LogP contribution is -2.29. The third-order valence-electron chi connectivity index (χ3n) is 4.49. The maximum absolute atomic E-state index is 12.7. The minimum absolute atomic E-state index is 0.0374. The van der Waals surface area contributed by atoms with Gasteiger partial charge in [-0.05, 0) is 48.4 Å². The average Bonchev–Trinajstić information content (AvgIpc) is 3.32. The van der Waals surface area contributed by atoms with Gasteiger partial charge >= 0.3 is 0 Å². The number of benzene rings is 2. The van der Waals surface area contributed by atoms with Gasteiger partial charge in [0.2, 0.25) is 0 Å². The van der Waals surface area contributed by atoms with Crippen LogP contribution in [0.25, 0.3) is 0 Å². The standard InChI is InChI=1S/C18H19N3O5S2/c22-27(23,16-6-7-17-13(11-16)8-10-26-17)20-14-3-1-4-15(12-14)28(24,25)21-18-5-2-9-19-18/h1,3-4,6-7,11-12,20H,2,5,8-10H2,(H,19,21). The summed E-state index contributed by atoms with van der Waals surface area (Å²) in [5.74, 6) is 1.11. The molecule has 28 heavy (non-hydrogen) atoms. The van der Waals surface area contributed by atoms with Gasteiger partial charge in [-0.2, -0.15) is 0 Å². The highest BCUT2D eigenvalue weighted by Gasteiger charge is 2.22. The molecule has 0 spiro atoms. The van der Waals surface area contributed by atoms with Crippen molar-refractivity contribution in [2.24, 2.45) is 4.99 Å². The molecule has 0 amide bonds. The first kappa shape index (κ1) is 18.8. The first-order valence-electron chi connectivity index (χ1n) is 8.78. The van der Waals surface area contributed by atoms with Gasteiger partial charge in [-0.3, -0.25) is 14.4 Å². The van der Waals surface area contributed by atoms with E-state index in [1.807, 2.05) is 0 Å². The molecular weight excluding hydrogens is 402 g/mol. The number of nitrogens with one attached hydrogen (secondary N) is 2. The van der Waals surface area contributed by atoms with E-state index in [1.54, 1.807) is 12.1 Å². The second kappa shape index (κ2) is 7.10. The van der Waals surface area contributed by atoms with Crippen molar-refractivity contribution in [3.63, 3.8) is 0 Å². The number of fused-ring (bicyclic) bond motifs is 1. The van der Waals surface area contributed by atoms with Crippen LogP contribution in [0.15, 0.2) is 57.2 Å². The molecule has 4 rings (SSSR count). The van der Waals surface area contributed by atoms with Crippen LogP contribution in [0.5, 0.6) is 5.75 Å². The SMILES string of the molecule is O=S(=O)(NC1=NCCC1)c1cccc(NS(=O)(=O)c2ccc3c(c2)CCO3)c1. The van der Waals surface area contributed by atoms with Crippen LogP contribution in [0.1, 0.15) is 18.4 Å². The maximum atomic E-state index is 12.7. The quantitative estimate of drug-likeness (QED) is 0.765. The Morgan fingerprint density at radius 3 is 2.46 bits per heavy atom. The van der Waals surface area contributed by atoms with Crippen LogP contribution >= 0.6 is 0 Å². The van der Waals surface area contributed by atoms with Crippen LogP contribution in [0.3, 0.4) is 0 Å². The summed E-state index contributed by atoms with van der Waals surface area (Å²) < 4.78 is 60.7. The minimum Gasteiger partial charge on any atom is -0.493 e. The fourth-order valence-corrected chi connectivity index (χ4v) is 5.34. The lowest BCUT2D eigenvalue weighted by atomic mass is 10.2. The molecular formula is C18H19N3O5S2. The van der Waals surface area contributed by atoms with E-state index in [9.17, 15) is 16.8 Å². The van der Waals surface area contributed by atoms with E-state index in [2.05, 4.69) is 14.4 Å². The number of rotatable bonds is 5. The molecule has 0 unspecified atom stereocenters. The largest absolute Gasteiger partial charge is 0.493 e. The molecule has 2 N–H and O–H groups in total. The molecule has 0 radical (unpaired) electrons. The number of hydrogen-bond acceptors (Lipinski definition) is 6. The predicted octanol–water partition coefficient (Wildman–Crippen LogP) is 1.89. The summed E-state index contributed by atoms with van der Waals surface area (Å²) in [5.41, 5.74) is 0.994. The zero-order valence-corrected chi connectivity index (χ0v) is 16.5. The first-order chi connectivity index (χ1) is 13.3. The summed E-state index contributed by atoms with van der Waals surface area (Å²) in [6, 6.07) is 10.3. The number of ether oxygens (including phenoxy) is 1. The van der Waals surface area contributed by atoms with Crippen molar-refractivity contribution in [2.75, 3.05) is 17.9 Å². The lowest BCUT2D eigenvalue weighted by molar-refractivity contribution is 0.356. The third-order valence-corrected chi connectivity index (χ3v) is 7.25. The number of anilines is 1. The van der Waals surface area contributed by atoms with Crippen LogP contribution in [-0.4, -0.2) is 35.8 Å². The highest BCUT2D eigenvalue weighted by molar-refractivity contribution is 7.92. The molecule has 2 aliphatic heterocycles. The third kappa shape index (κ3) is 3.83. The van der Waals surface area contributed by atoms with Gasteiger partial charge < -0.3 is 4.74 Å². The van der Waals surface area contributed by atoms with E-state index in [4.69, 9.17) is 4.74 Å². The molecule has 2 aliphatic rings. The van der Waals surface area contributed by atoms with Gasteiger partial charge in [0.15, 0.2) is 0 Å². The van der Waals surface area contributed by atoms with Crippen molar-refractivity contribution < 1.29 is 21.6 Å². The van der Waals surface area contributed by atoms with E-state index in [0.717, 1.165) is 12.0 Å². The molecule has 0 aromatic heterocycles. The van der Waals surface area contributed by atoms with Gasteiger partial charge in [0.25, 0.3) is 20.0 Å². The van der Waals surface area contributed by atoms with Crippen molar-refractivity contribution in [1.82, 2.24) is 4.72 Å². The van der Waals surface area contributed by atoms with E-state index < -0.39 is 20.0 Å². The number of amidine groups is 1. The molecule has 0 bridgehead atoms. The molecule has 2 heterocycles. The number of sulfonamides is 2. The van der Waals surface area contributed by atoms with Crippen LogP contribution < -0.4 is 14.2 Å². The number of aliphatic imine (C=N–C) groups is 1. The summed E-state index contributed by atoms with van der Waals surface area (Å²) in [5, 5.41) is 0. The average molecular weight is 422 g/mol. The normalized spacial score (nSPS) is 16.2. The molecule has 0 saturated heterocycles. The molecule has 0 fully saturated rings. The first-order valence-corrected chi connectivity index (χ1v) is 11.7. The van der Waals surface area contributed by atoms with Crippen LogP contribution in [0.4, 0.5) is 5.69 Å². The van der Waals surface area contributed by atoms with E-state index in [0.29, 0.717) is 37.6 Å². The van der Waals surface area contributed by atoms with Gasteiger partial charge in [-0.1, -0.05) is 6.07 Å². The van der Waals surface area contributed by atoms with Crippen LogP contribution in [0.2, 0.25) is 0 Å². The van der Waals surface area contributed by atoms with Crippen molar-refractivity contribution >= 4 is 31.6 Å². The summed E-state index contributed by atoms with van der Waals surface area (Å²) in [7, 11) is -7.69. The molecule has 2 aromatic rings. The number of hydrogen-bond donors (Lipinski definition) is 2. The van der Waals surface area contributed by atoms with Gasteiger partial charge in [0.1, 0.15) is 11.6 Å². The fraction of sp³-hybridized carbons (Fsp3) is 0.278. The van der Waals surface area contributed by atoms with Crippen molar-refractivity contribution in [3.05, 3.63) is 48.0 Å². The summed E-state index contributed by atoms with van der Waals surface area (Å²) in [6.07, 6.45) is 2.04. The van der Waals surface area contributed by atoms with E-state index in [-0.39, 0.29) is 15.5 Å².